The van der Waals surface area contributed by atoms with Gasteiger partial charge in [-0.1, -0.05) is 26.8 Å². The third-order valence-corrected chi connectivity index (χ3v) is 3.15. The van der Waals surface area contributed by atoms with Gasteiger partial charge in [-0.25, -0.2) is 0 Å². The molecule has 0 aliphatic heterocycles. The van der Waals surface area contributed by atoms with Crippen molar-refractivity contribution in [3.8, 4) is 11.5 Å². The normalized spacial score (nSPS) is 13.3. The topological polar surface area (TPSA) is 47.6 Å². The molecule has 0 aliphatic carbocycles. The molecule has 0 aromatic heterocycles. The van der Waals surface area contributed by atoms with Crippen LogP contribution in [-0.2, 0) is 4.79 Å². The lowest BCUT2D eigenvalue weighted by Crippen LogP contribution is -2.30. The maximum atomic E-state index is 12.2. The van der Waals surface area contributed by atoms with E-state index in [9.17, 15) is 18.0 Å². The summed E-state index contributed by atoms with van der Waals surface area (Å²) in [4.78, 5) is 12.0. The van der Waals surface area contributed by atoms with Crippen molar-refractivity contribution in [1.82, 2.24) is 5.32 Å². The van der Waals surface area contributed by atoms with E-state index in [1.54, 1.807) is 19.1 Å². The molecule has 0 saturated carbocycles. The first-order valence-electron chi connectivity index (χ1n) is 7.58. The zero-order valence-corrected chi connectivity index (χ0v) is 14.6. The molecular formula is C17H24F3NO3. The van der Waals surface area contributed by atoms with Gasteiger partial charge in [0, 0.05) is 6.42 Å². The van der Waals surface area contributed by atoms with Gasteiger partial charge in [0.25, 0.3) is 0 Å². The third kappa shape index (κ3) is 7.10. The van der Waals surface area contributed by atoms with E-state index in [0.717, 1.165) is 0 Å². The van der Waals surface area contributed by atoms with Gasteiger partial charge in [0.15, 0.2) is 18.1 Å². The van der Waals surface area contributed by atoms with E-state index >= 15 is 0 Å². The summed E-state index contributed by atoms with van der Waals surface area (Å²) in [5.41, 5.74) is 0.588. The molecule has 0 spiro atoms. The van der Waals surface area contributed by atoms with Crippen LogP contribution in [0.1, 0.15) is 45.7 Å². The van der Waals surface area contributed by atoms with E-state index in [4.69, 9.17) is 9.47 Å². The maximum absolute atomic E-state index is 12.2. The molecule has 1 amide bonds. The van der Waals surface area contributed by atoms with Crippen molar-refractivity contribution in [3.05, 3.63) is 23.8 Å². The van der Waals surface area contributed by atoms with Gasteiger partial charge >= 0.3 is 6.18 Å². The second-order valence-corrected chi connectivity index (χ2v) is 6.84. The summed E-state index contributed by atoms with van der Waals surface area (Å²) >= 11 is 0. The maximum Gasteiger partial charge on any atom is 0.422 e. The number of hydrogen-bond donors (Lipinski definition) is 1. The average molecular weight is 347 g/mol. The molecule has 0 fully saturated rings. The lowest BCUT2D eigenvalue weighted by molar-refractivity contribution is -0.153. The molecule has 0 bridgehead atoms. The van der Waals surface area contributed by atoms with Crippen LogP contribution in [0, 0.1) is 5.41 Å². The predicted molar refractivity (Wildman–Crippen MR) is 85.2 cm³/mol. The van der Waals surface area contributed by atoms with E-state index in [-0.39, 0.29) is 28.9 Å². The highest BCUT2D eigenvalue weighted by Gasteiger charge is 2.29. The van der Waals surface area contributed by atoms with Crippen LogP contribution >= 0.6 is 0 Å². The van der Waals surface area contributed by atoms with Gasteiger partial charge in [-0.2, -0.15) is 13.2 Å². The Morgan fingerprint density at radius 2 is 1.83 bits per heavy atom. The lowest BCUT2D eigenvalue weighted by Gasteiger charge is -2.21. The number of alkyl halides is 3. The first-order valence-corrected chi connectivity index (χ1v) is 7.58. The number of halogens is 3. The van der Waals surface area contributed by atoms with Crippen LogP contribution in [0.15, 0.2) is 18.2 Å². The fraction of sp³-hybridized carbons (Fsp3) is 0.588. The molecule has 0 radical (unpaired) electrons. The van der Waals surface area contributed by atoms with Crippen molar-refractivity contribution < 1.29 is 27.4 Å². The molecule has 1 N–H and O–H groups in total. The number of nitrogens with one attached hydrogen (secondary N) is 1. The summed E-state index contributed by atoms with van der Waals surface area (Å²) in [5.74, 6) is 0.104. The Morgan fingerprint density at radius 3 is 2.33 bits per heavy atom. The van der Waals surface area contributed by atoms with E-state index < -0.39 is 12.8 Å². The predicted octanol–water partition coefficient (Wildman–Crippen LogP) is 4.25. The minimum absolute atomic E-state index is 0.00629. The van der Waals surface area contributed by atoms with Gasteiger partial charge in [0.05, 0.1) is 13.2 Å². The zero-order chi connectivity index (χ0) is 18.5. The number of carbonyl (C=O) groups excluding carboxylic acids is 1. The van der Waals surface area contributed by atoms with Crippen molar-refractivity contribution in [3.63, 3.8) is 0 Å². The number of hydrogen-bond acceptors (Lipinski definition) is 3. The standard InChI is InChI=1S/C17H24F3NO3/c1-11(21-15(22)9-16(2,3)4)12-6-7-13(14(8-12)23-5)24-10-17(18,19)20/h6-8,11H,9-10H2,1-5H3,(H,21,22)/t11-/m1/s1. The van der Waals surface area contributed by atoms with Gasteiger partial charge < -0.3 is 14.8 Å². The van der Waals surface area contributed by atoms with Gasteiger partial charge in [-0.3, -0.25) is 4.79 Å². The molecule has 24 heavy (non-hydrogen) atoms. The largest absolute Gasteiger partial charge is 0.493 e. The Morgan fingerprint density at radius 1 is 1.21 bits per heavy atom. The van der Waals surface area contributed by atoms with E-state index in [2.05, 4.69) is 5.32 Å². The number of carbonyl (C=O) groups is 1. The van der Waals surface area contributed by atoms with Gasteiger partial charge in [-0.05, 0) is 30.0 Å². The van der Waals surface area contributed by atoms with Crippen LogP contribution in [-0.4, -0.2) is 25.8 Å². The summed E-state index contributed by atoms with van der Waals surface area (Å²) < 4.78 is 46.6. The van der Waals surface area contributed by atoms with Crippen LogP contribution in [0.5, 0.6) is 11.5 Å². The Kier molecular flexibility index (Phi) is 6.51. The minimum Gasteiger partial charge on any atom is -0.493 e. The smallest absolute Gasteiger partial charge is 0.422 e. The van der Waals surface area contributed by atoms with Crippen LogP contribution in [0.25, 0.3) is 0 Å². The first kappa shape index (κ1) is 20.1. The highest BCUT2D eigenvalue weighted by molar-refractivity contribution is 5.77. The number of amides is 1. The molecule has 1 rings (SSSR count). The molecule has 1 aromatic rings. The highest BCUT2D eigenvalue weighted by Crippen LogP contribution is 2.31. The second kappa shape index (κ2) is 7.77. The molecule has 4 nitrogen and oxygen atoms in total. The summed E-state index contributed by atoms with van der Waals surface area (Å²) in [5, 5.41) is 2.86. The zero-order valence-electron chi connectivity index (χ0n) is 14.6. The van der Waals surface area contributed by atoms with Crippen molar-refractivity contribution in [2.75, 3.05) is 13.7 Å². The summed E-state index contributed by atoms with van der Waals surface area (Å²) in [6.45, 7) is 6.30. The quantitative estimate of drug-likeness (QED) is 0.837. The van der Waals surface area contributed by atoms with Crippen LogP contribution in [0.3, 0.4) is 0 Å². The number of rotatable bonds is 6. The minimum atomic E-state index is -4.42. The third-order valence-electron chi connectivity index (χ3n) is 3.15. The molecule has 0 saturated heterocycles. The average Bonchev–Trinajstić information content (AvgIpc) is 2.41. The summed E-state index contributed by atoms with van der Waals surface area (Å²) in [7, 11) is 1.35. The molecule has 0 aliphatic rings. The Labute approximate surface area is 140 Å². The van der Waals surface area contributed by atoms with E-state index in [1.807, 2.05) is 20.8 Å². The molecular weight excluding hydrogens is 323 g/mol. The molecule has 0 unspecified atom stereocenters. The molecule has 7 heteroatoms. The Hall–Kier alpha value is -1.92. The first-order chi connectivity index (χ1) is 10.9. The summed E-state index contributed by atoms with van der Waals surface area (Å²) in [6.07, 6.45) is -4.04. The monoisotopic (exact) mass is 347 g/mol. The number of methoxy groups -OCH3 is 1. The highest BCUT2D eigenvalue weighted by atomic mass is 19.4. The van der Waals surface area contributed by atoms with Crippen molar-refractivity contribution in [2.45, 2.75) is 46.3 Å². The number of ether oxygens (including phenoxy) is 2. The van der Waals surface area contributed by atoms with Gasteiger partial charge in [0.2, 0.25) is 5.91 Å². The lowest BCUT2D eigenvalue weighted by atomic mass is 9.91. The molecule has 1 atom stereocenters. The fourth-order valence-corrected chi connectivity index (χ4v) is 2.09. The van der Waals surface area contributed by atoms with E-state index in [1.165, 1.54) is 13.2 Å². The molecule has 1 aromatic carbocycles. The Balaban J connectivity index is 2.80. The number of benzene rings is 1. The SMILES string of the molecule is COc1cc([C@@H](C)NC(=O)CC(C)(C)C)ccc1OCC(F)(F)F. The van der Waals surface area contributed by atoms with Crippen molar-refractivity contribution >= 4 is 5.91 Å². The van der Waals surface area contributed by atoms with Crippen molar-refractivity contribution in [2.24, 2.45) is 5.41 Å². The van der Waals surface area contributed by atoms with E-state index in [0.29, 0.717) is 12.0 Å². The molecule has 0 heterocycles. The van der Waals surface area contributed by atoms with Gasteiger partial charge in [0.1, 0.15) is 0 Å². The Bertz CT molecular complexity index is 565. The van der Waals surface area contributed by atoms with Crippen LogP contribution in [0.2, 0.25) is 0 Å². The van der Waals surface area contributed by atoms with Crippen LogP contribution in [0.4, 0.5) is 13.2 Å². The van der Waals surface area contributed by atoms with Gasteiger partial charge in [-0.15, -0.1) is 0 Å². The van der Waals surface area contributed by atoms with Crippen molar-refractivity contribution in [1.29, 1.82) is 0 Å². The molecule has 136 valence electrons. The fourth-order valence-electron chi connectivity index (χ4n) is 2.09. The second-order valence-electron chi connectivity index (χ2n) is 6.84. The summed E-state index contributed by atoms with van der Waals surface area (Å²) in [6, 6.07) is 4.28. The van der Waals surface area contributed by atoms with Crippen LogP contribution < -0.4 is 14.8 Å².